The fraction of sp³-hybridized carbons (Fsp3) is 0.286. The number of amides is 1. The normalized spacial score (nSPS) is 10.2. The predicted molar refractivity (Wildman–Crippen MR) is 79.7 cm³/mol. The molecular weight excluding hydrogens is 274 g/mol. The molecule has 1 aromatic carbocycles. The summed E-state index contributed by atoms with van der Waals surface area (Å²) in [6.07, 6.45) is 0.322. The molecule has 20 heavy (non-hydrogen) atoms. The van der Waals surface area contributed by atoms with Crippen LogP contribution in [0.5, 0.6) is 5.75 Å². The zero-order chi connectivity index (χ0) is 14.4. The van der Waals surface area contributed by atoms with Crippen molar-refractivity contribution in [2.45, 2.75) is 19.9 Å². The summed E-state index contributed by atoms with van der Waals surface area (Å²) in [7, 11) is 0. The molecule has 0 saturated heterocycles. The van der Waals surface area contributed by atoms with Gasteiger partial charge in [0.25, 0.3) is 0 Å². The number of aryl methyl sites for hydroxylation is 1. The molecule has 3 N–H and O–H groups in total. The third kappa shape index (κ3) is 4.24. The fourth-order valence-corrected chi connectivity index (χ4v) is 2.31. The highest BCUT2D eigenvalue weighted by Gasteiger charge is 2.05. The maximum atomic E-state index is 11.7. The molecule has 0 spiro atoms. The van der Waals surface area contributed by atoms with Gasteiger partial charge in [-0.1, -0.05) is 0 Å². The molecule has 0 unspecified atom stereocenters. The first kappa shape index (κ1) is 14.3. The lowest BCUT2D eigenvalue weighted by Gasteiger charge is -2.07. The van der Waals surface area contributed by atoms with Crippen molar-refractivity contribution < 1.29 is 9.53 Å². The number of benzene rings is 1. The van der Waals surface area contributed by atoms with Crippen LogP contribution in [0.4, 0.5) is 5.69 Å². The molecule has 1 amide bonds. The lowest BCUT2D eigenvalue weighted by molar-refractivity contribution is -0.121. The molecule has 0 radical (unpaired) electrons. The fourth-order valence-electron chi connectivity index (χ4n) is 1.59. The Balaban J connectivity index is 1.68. The quantitative estimate of drug-likeness (QED) is 0.799. The number of hydrogen-bond acceptors (Lipinski definition) is 5. The first-order valence-corrected chi connectivity index (χ1v) is 7.17. The lowest BCUT2D eigenvalue weighted by atomic mass is 10.3. The van der Waals surface area contributed by atoms with Gasteiger partial charge in [-0.2, -0.15) is 0 Å². The maximum absolute atomic E-state index is 11.7. The minimum Gasteiger partial charge on any atom is -0.493 e. The van der Waals surface area contributed by atoms with Gasteiger partial charge in [-0.25, -0.2) is 4.98 Å². The van der Waals surface area contributed by atoms with Crippen LogP contribution in [-0.2, 0) is 11.3 Å². The molecule has 6 heteroatoms. The van der Waals surface area contributed by atoms with E-state index < -0.39 is 0 Å². The van der Waals surface area contributed by atoms with Crippen LogP contribution in [0, 0.1) is 6.92 Å². The summed E-state index contributed by atoms with van der Waals surface area (Å²) in [4.78, 5) is 16.9. The Bertz CT molecular complexity index is 566. The van der Waals surface area contributed by atoms with E-state index in [9.17, 15) is 4.79 Å². The molecule has 1 aromatic heterocycles. The molecular formula is C14H17N3O2S. The smallest absolute Gasteiger partial charge is 0.223 e. The summed E-state index contributed by atoms with van der Waals surface area (Å²) in [6, 6.07) is 7.10. The average Bonchev–Trinajstić information content (AvgIpc) is 2.84. The molecule has 5 nitrogen and oxygen atoms in total. The van der Waals surface area contributed by atoms with E-state index in [-0.39, 0.29) is 5.91 Å². The predicted octanol–water partition coefficient (Wildman–Crippen LogP) is 2.12. The van der Waals surface area contributed by atoms with Gasteiger partial charge in [-0.15, -0.1) is 11.3 Å². The zero-order valence-corrected chi connectivity index (χ0v) is 12.1. The summed E-state index contributed by atoms with van der Waals surface area (Å²) in [5, 5.41) is 2.85. The van der Waals surface area contributed by atoms with Crippen molar-refractivity contribution in [1.82, 2.24) is 10.3 Å². The SMILES string of the molecule is Cc1ncsc1CNC(=O)CCOc1ccc(N)cc1. The van der Waals surface area contributed by atoms with Crippen molar-refractivity contribution in [1.29, 1.82) is 0 Å². The van der Waals surface area contributed by atoms with E-state index in [1.165, 1.54) is 0 Å². The average molecular weight is 291 g/mol. The number of hydrogen-bond donors (Lipinski definition) is 2. The van der Waals surface area contributed by atoms with Gasteiger partial charge in [-0.05, 0) is 31.2 Å². The summed E-state index contributed by atoms with van der Waals surface area (Å²) in [5.41, 5.74) is 9.01. The number of nitrogens with zero attached hydrogens (tertiary/aromatic N) is 1. The van der Waals surface area contributed by atoms with Crippen molar-refractivity contribution in [3.63, 3.8) is 0 Å². The van der Waals surface area contributed by atoms with Crippen molar-refractivity contribution in [2.75, 3.05) is 12.3 Å². The van der Waals surface area contributed by atoms with Crippen molar-refractivity contribution in [3.8, 4) is 5.75 Å². The second-order valence-electron chi connectivity index (χ2n) is 4.31. The molecule has 0 bridgehead atoms. The van der Waals surface area contributed by atoms with Crippen LogP contribution in [-0.4, -0.2) is 17.5 Å². The van der Waals surface area contributed by atoms with Crippen molar-refractivity contribution >= 4 is 22.9 Å². The van der Waals surface area contributed by atoms with Gasteiger partial charge in [-0.3, -0.25) is 4.79 Å². The first-order valence-electron chi connectivity index (χ1n) is 6.29. The molecule has 0 aliphatic rings. The second-order valence-corrected chi connectivity index (χ2v) is 5.24. The van der Waals surface area contributed by atoms with Crippen LogP contribution < -0.4 is 15.8 Å². The number of carbonyl (C=O) groups is 1. The van der Waals surface area contributed by atoms with Crippen molar-refractivity contribution in [3.05, 3.63) is 40.3 Å². The third-order valence-corrected chi connectivity index (χ3v) is 3.70. The number of ether oxygens (including phenoxy) is 1. The number of rotatable bonds is 6. The Hall–Kier alpha value is -2.08. The van der Waals surface area contributed by atoms with Gasteiger partial charge in [0, 0.05) is 10.6 Å². The van der Waals surface area contributed by atoms with Crippen LogP contribution in [0.3, 0.4) is 0 Å². The van der Waals surface area contributed by atoms with E-state index >= 15 is 0 Å². The van der Waals surface area contributed by atoms with Crippen LogP contribution in [0.15, 0.2) is 29.8 Å². The number of carbonyl (C=O) groups excluding carboxylic acids is 1. The van der Waals surface area contributed by atoms with Crippen LogP contribution >= 0.6 is 11.3 Å². The van der Waals surface area contributed by atoms with Crippen molar-refractivity contribution in [2.24, 2.45) is 0 Å². The zero-order valence-electron chi connectivity index (χ0n) is 11.3. The number of anilines is 1. The minimum atomic E-state index is -0.0340. The highest BCUT2D eigenvalue weighted by Crippen LogP contribution is 2.13. The summed E-state index contributed by atoms with van der Waals surface area (Å²) in [5.74, 6) is 0.679. The van der Waals surface area contributed by atoms with Crippen LogP contribution in [0.1, 0.15) is 17.0 Å². The van der Waals surface area contributed by atoms with E-state index in [0.717, 1.165) is 10.6 Å². The van der Waals surface area contributed by atoms with Gasteiger partial charge in [0.1, 0.15) is 5.75 Å². The molecule has 0 saturated carbocycles. The number of nitrogens with one attached hydrogen (secondary N) is 1. The highest BCUT2D eigenvalue weighted by molar-refractivity contribution is 7.09. The van der Waals surface area contributed by atoms with Crippen LogP contribution in [0.25, 0.3) is 0 Å². The lowest BCUT2D eigenvalue weighted by Crippen LogP contribution is -2.24. The number of nitrogen functional groups attached to an aromatic ring is 1. The van der Waals surface area contributed by atoms with E-state index in [1.807, 2.05) is 6.92 Å². The van der Waals surface area contributed by atoms with Gasteiger partial charge < -0.3 is 15.8 Å². The molecule has 2 rings (SSSR count). The van der Waals surface area contributed by atoms with Crippen LogP contribution in [0.2, 0.25) is 0 Å². The molecule has 1 heterocycles. The number of thiazole rings is 1. The first-order chi connectivity index (χ1) is 9.65. The number of nitrogens with two attached hydrogens (primary N) is 1. The summed E-state index contributed by atoms with van der Waals surface area (Å²) >= 11 is 1.54. The van der Waals surface area contributed by atoms with E-state index in [1.54, 1.807) is 41.1 Å². The third-order valence-electron chi connectivity index (χ3n) is 2.77. The molecule has 2 aromatic rings. The minimum absolute atomic E-state index is 0.0340. The van der Waals surface area contributed by atoms with Gasteiger partial charge in [0.05, 0.1) is 30.8 Å². The Morgan fingerprint density at radius 1 is 1.40 bits per heavy atom. The Labute approximate surface area is 121 Å². The second kappa shape index (κ2) is 6.91. The van der Waals surface area contributed by atoms with E-state index in [2.05, 4.69) is 10.3 Å². The monoisotopic (exact) mass is 291 g/mol. The molecule has 0 aliphatic heterocycles. The van der Waals surface area contributed by atoms with Gasteiger partial charge in [0.15, 0.2) is 0 Å². The largest absolute Gasteiger partial charge is 0.493 e. The van der Waals surface area contributed by atoms with E-state index in [4.69, 9.17) is 10.5 Å². The molecule has 106 valence electrons. The highest BCUT2D eigenvalue weighted by atomic mass is 32.1. The summed E-state index contributed by atoms with van der Waals surface area (Å²) in [6.45, 7) is 2.80. The van der Waals surface area contributed by atoms with Gasteiger partial charge in [0.2, 0.25) is 5.91 Å². The molecule has 0 atom stereocenters. The summed E-state index contributed by atoms with van der Waals surface area (Å²) < 4.78 is 5.47. The number of aromatic nitrogens is 1. The Morgan fingerprint density at radius 2 is 2.15 bits per heavy atom. The Morgan fingerprint density at radius 3 is 2.80 bits per heavy atom. The van der Waals surface area contributed by atoms with E-state index in [0.29, 0.717) is 31.0 Å². The maximum Gasteiger partial charge on any atom is 0.223 e. The topological polar surface area (TPSA) is 77.2 Å². The molecule has 0 fully saturated rings. The van der Waals surface area contributed by atoms with Gasteiger partial charge >= 0.3 is 0 Å². The molecule has 0 aliphatic carbocycles. The Kier molecular flexibility index (Phi) is 4.95. The standard InChI is InChI=1S/C14H17N3O2S/c1-10-13(20-9-17-10)8-16-14(18)6-7-19-12-4-2-11(15)3-5-12/h2-5,9H,6-8,15H2,1H3,(H,16,18).